The van der Waals surface area contributed by atoms with Gasteiger partial charge in [-0.05, 0) is 12.8 Å². The summed E-state index contributed by atoms with van der Waals surface area (Å²) in [6.45, 7) is 0.564. The number of amides is 1. The summed E-state index contributed by atoms with van der Waals surface area (Å²) in [5.41, 5.74) is 5.22. The first-order valence-electron chi connectivity index (χ1n) is 7.11. The molecule has 0 unspecified atom stereocenters. The fraction of sp³-hybridized carbons (Fsp3) is 0.643. The number of aryl methyl sites for hydroxylation is 1. The molecule has 2 rings (SSSR count). The number of carbonyl (C=O) groups is 1. The minimum absolute atomic E-state index is 0.0149. The van der Waals surface area contributed by atoms with Gasteiger partial charge in [0.25, 0.3) is 0 Å². The summed E-state index contributed by atoms with van der Waals surface area (Å²) in [6.07, 6.45) is 9.11. The molecule has 1 aromatic heterocycles. The third kappa shape index (κ3) is 3.00. The summed E-state index contributed by atoms with van der Waals surface area (Å²) in [7, 11) is 1.95. The lowest BCUT2D eigenvalue weighted by atomic mass is 9.73. The SMILES string of the molecule is Cn1ccnc1CCNC(=O)C1(C(N)=S)CCCCC1. The normalized spacial score (nSPS) is 17.6. The molecule has 3 N–H and O–H groups in total. The van der Waals surface area contributed by atoms with Crippen LogP contribution < -0.4 is 11.1 Å². The Balaban J connectivity index is 1.92. The van der Waals surface area contributed by atoms with Crippen LogP contribution in [0.3, 0.4) is 0 Å². The van der Waals surface area contributed by atoms with E-state index in [1.807, 2.05) is 17.8 Å². The molecule has 0 radical (unpaired) electrons. The van der Waals surface area contributed by atoms with Crippen molar-refractivity contribution in [2.45, 2.75) is 38.5 Å². The van der Waals surface area contributed by atoms with Crippen LogP contribution in [-0.2, 0) is 18.3 Å². The number of imidazole rings is 1. The average molecular weight is 294 g/mol. The number of rotatable bonds is 5. The lowest BCUT2D eigenvalue weighted by Crippen LogP contribution is -2.50. The van der Waals surface area contributed by atoms with Gasteiger partial charge in [0.05, 0.1) is 10.4 Å². The Labute approximate surface area is 124 Å². The van der Waals surface area contributed by atoms with Gasteiger partial charge in [0.15, 0.2) is 0 Å². The first-order chi connectivity index (χ1) is 9.56. The van der Waals surface area contributed by atoms with E-state index in [4.69, 9.17) is 18.0 Å². The standard InChI is InChI=1S/C14H22N4OS/c1-18-10-9-16-11(18)5-8-17-13(19)14(12(15)20)6-3-2-4-7-14/h9-10H,2-8H2,1H3,(H2,15,20)(H,17,19). The van der Waals surface area contributed by atoms with E-state index in [0.29, 0.717) is 18.0 Å². The molecule has 1 aromatic rings. The van der Waals surface area contributed by atoms with Gasteiger partial charge in [-0.25, -0.2) is 4.98 Å². The fourth-order valence-electron chi connectivity index (χ4n) is 2.84. The number of nitrogens with zero attached hydrogens (tertiary/aromatic N) is 2. The van der Waals surface area contributed by atoms with Gasteiger partial charge in [-0.3, -0.25) is 4.79 Å². The van der Waals surface area contributed by atoms with Crippen LogP contribution in [0.25, 0.3) is 0 Å². The Kier molecular flexibility index (Phi) is 4.75. The Hall–Kier alpha value is -1.43. The Bertz CT molecular complexity index is 491. The topological polar surface area (TPSA) is 72.9 Å². The van der Waals surface area contributed by atoms with E-state index in [0.717, 1.165) is 37.9 Å². The number of thiocarbonyl (C=S) groups is 1. The Morgan fingerprint density at radius 1 is 1.50 bits per heavy atom. The summed E-state index contributed by atoms with van der Waals surface area (Å²) in [4.78, 5) is 17.0. The van der Waals surface area contributed by atoms with Crippen molar-refractivity contribution >= 4 is 23.1 Å². The smallest absolute Gasteiger partial charge is 0.233 e. The first kappa shape index (κ1) is 15.0. The molecule has 1 saturated carbocycles. The van der Waals surface area contributed by atoms with Crippen molar-refractivity contribution in [1.29, 1.82) is 0 Å². The van der Waals surface area contributed by atoms with Crippen molar-refractivity contribution in [2.24, 2.45) is 18.2 Å². The van der Waals surface area contributed by atoms with Gasteiger partial charge in [0.1, 0.15) is 5.82 Å². The predicted octanol–water partition coefficient (Wildman–Crippen LogP) is 1.32. The minimum Gasteiger partial charge on any atom is -0.392 e. The third-order valence-corrected chi connectivity index (χ3v) is 4.56. The monoisotopic (exact) mass is 294 g/mol. The number of aromatic nitrogens is 2. The molecular weight excluding hydrogens is 272 g/mol. The van der Waals surface area contributed by atoms with Gasteiger partial charge >= 0.3 is 0 Å². The van der Waals surface area contributed by atoms with Gasteiger partial charge in [0, 0.05) is 32.4 Å². The predicted molar refractivity (Wildman–Crippen MR) is 82.2 cm³/mol. The lowest BCUT2D eigenvalue weighted by Gasteiger charge is -2.34. The van der Waals surface area contributed by atoms with Crippen LogP contribution >= 0.6 is 12.2 Å². The van der Waals surface area contributed by atoms with E-state index >= 15 is 0 Å². The van der Waals surface area contributed by atoms with Gasteiger partial charge in [-0.2, -0.15) is 0 Å². The van der Waals surface area contributed by atoms with E-state index in [9.17, 15) is 4.79 Å². The van der Waals surface area contributed by atoms with Crippen molar-refractivity contribution in [3.05, 3.63) is 18.2 Å². The van der Waals surface area contributed by atoms with Gasteiger partial charge in [-0.1, -0.05) is 31.5 Å². The van der Waals surface area contributed by atoms with Crippen LogP contribution in [0.4, 0.5) is 0 Å². The van der Waals surface area contributed by atoms with Crippen molar-refractivity contribution in [2.75, 3.05) is 6.54 Å². The van der Waals surface area contributed by atoms with Crippen LogP contribution in [-0.4, -0.2) is 27.0 Å². The summed E-state index contributed by atoms with van der Waals surface area (Å²) >= 11 is 5.16. The highest BCUT2D eigenvalue weighted by Crippen LogP contribution is 2.36. The Morgan fingerprint density at radius 3 is 2.75 bits per heavy atom. The summed E-state index contributed by atoms with van der Waals surface area (Å²) in [6, 6.07) is 0. The van der Waals surface area contributed by atoms with Gasteiger partial charge < -0.3 is 15.6 Å². The molecule has 1 fully saturated rings. The number of hydrogen-bond acceptors (Lipinski definition) is 3. The molecule has 1 aliphatic carbocycles. The van der Waals surface area contributed by atoms with Crippen LogP contribution in [0.1, 0.15) is 37.9 Å². The highest BCUT2D eigenvalue weighted by Gasteiger charge is 2.42. The summed E-state index contributed by atoms with van der Waals surface area (Å²) in [5.74, 6) is 0.942. The zero-order valence-corrected chi connectivity index (χ0v) is 12.7. The quantitative estimate of drug-likeness (QED) is 0.803. The summed E-state index contributed by atoms with van der Waals surface area (Å²) in [5, 5.41) is 2.98. The van der Waals surface area contributed by atoms with Crippen molar-refractivity contribution in [3.8, 4) is 0 Å². The van der Waals surface area contributed by atoms with E-state index in [1.54, 1.807) is 6.20 Å². The van der Waals surface area contributed by atoms with Gasteiger partial charge in [0.2, 0.25) is 5.91 Å². The van der Waals surface area contributed by atoms with Crippen molar-refractivity contribution < 1.29 is 4.79 Å². The molecule has 0 aromatic carbocycles. The molecule has 110 valence electrons. The van der Waals surface area contributed by atoms with Crippen LogP contribution in [0.2, 0.25) is 0 Å². The second kappa shape index (κ2) is 6.35. The maximum absolute atomic E-state index is 12.5. The van der Waals surface area contributed by atoms with E-state index in [-0.39, 0.29) is 5.91 Å². The van der Waals surface area contributed by atoms with E-state index in [1.165, 1.54) is 0 Å². The molecule has 20 heavy (non-hydrogen) atoms. The molecule has 0 spiro atoms. The Morgan fingerprint density at radius 2 is 2.20 bits per heavy atom. The zero-order chi connectivity index (χ0) is 14.6. The second-order valence-corrected chi connectivity index (χ2v) is 5.91. The molecule has 1 heterocycles. The molecule has 0 atom stereocenters. The first-order valence-corrected chi connectivity index (χ1v) is 7.51. The highest BCUT2D eigenvalue weighted by molar-refractivity contribution is 7.80. The maximum atomic E-state index is 12.5. The molecular formula is C14H22N4OS. The zero-order valence-electron chi connectivity index (χ0n) is 11.9. The lowest BCUT2D eigenvalue weighted by molar-refractivity contribution is -0.128. The molecule has 6 heteroatoms. The van der Waals surface area contributed by atoms with E-state index in [2.05, 4.69) is 10.3 Å². The van der Waals surface area contributed by atoms with Crippen LogP contribution in [0, 0.1) is 5.41 Å². The van der Waals surface area contributed by atoms with E-state index < -0.39 is 5.41 Å². The molecule has 1 aliphatic rings. The van der Waals surface area contributed by atoms with Crippen LogP contribution in [0.5, 0.6) is 0 Å². The average Bonchev–Trinajstić information content (AvgIpc) is 2.85. The van der Waals surface area contributed by atoms with Gasteiger partial charge in [-0.15, -0.1) is 0 Å². The third-order valence-electron chi connectivity index (χ3n) is 4.17. The number of carbonyl (C=O) groups excluding carboxylic acids is 1. The highest BCUT2D eigenvalue weighted by atomic mass is 32.1. The molecule has 0 bridgehead atoms. The second-order valence-electron chi connectivity index (χ2n) is 5.47. The minimum atomic E-state index is -0.630. The number of hydrogen-bond donors (Lipinski definition) is 2. The number of nitrogens with one attached hydrogen (secondary N) is 1. The van der Waals surface area contributed by atoms with Crippen LogP contribution in [0.15, 0.2) is 12.4 Å². The molecule has 1 amide bonds. The fourth-order valence-corrected chi connectivity index (χ4v) is 3.13. The molecule has 0 saturated heterocycles. The molecule has 5 nitrogen and oxygen atoms in total. The summed E-state index contributed by atoms with van der Waals surface area (Å²) < 4.78 is 1.95. The maximum Gasteiger partial charge on any atom is 0.233 e. The molecule has 0 aliphatic heterocycles. The van der Waals surface area contributed by atoms with Crippen molar-refractivity contribution in [3.63, 3.8) is 0 Å². The largest absolute Gasteiger partial charge is 0.392 e. The van der Waals surface area contributed by atoms with Crippen molar-refractivity contribution in [1.82, 2.24) is 14.9 Å². The number of nitrogens with two attached hydrogens (primary N) is 1.